The molecule has 0 aliphatic carbocycles. The maximum atomic E-state index is 12.5. The molecule has 5 heteroatoms. The van der Waals surface area contributed by atoms with Crippen molar-refractivity contribution in [3.63, 3.8) is 0 Å². The lowest BCUT2D eigenvalue weighted by molar-refractivity contribution is -0.122. The third-order valence-corrected chi connectivity index (χ3v) is 5.00. The second-order valence-electron chi connectivity index (χ2n) is 6.81. The topological polar surface area (TPSA) is 59.8 Å². The van der Waals surface area contributed by atoms with Crippen molar-refractivity contribution in [1.82, 2.24) is 19.9 Å². The van der Waals surface area contributed by atoms with E-state index in [0.717, 1.165) is 53.7 Å². The molecule has 5 nitrogen and oxygen atoms in total. The number of carbonyl (C=O) groups is 1. The zero-order valence-corrected chi connectivity index (χ0v) is 14.4. The van der Waals surface area contributed by atoms with Crippen LogP contribution in [-0.2, 0) is 18.3 Å². The minimum absolute atomic E-state index is 0.132. The summed E-state index contributed by atoms with van der Waals surface area (Å²) in [4.78, 5) is 21.2. The van der Waals surface area contributed by atoms with E-state index < -0.39 is 0 Å². The summed E-state index contributed by atoms with van der Waals surface area (Å²) in [6.45, 7) is 1.83. The van der Waals surface area contributed by atoms with Crippen molar-refractivity contribution < 1.29 is 4.79 Å². The van der Waals surface area contributed by atoms with E-state index in [1.165, 1.54) is 0 Å². The number of nitrogens with one attached hydrogen (secondary N) is 1. The van der Waals surface area contributed by atoms with E-state index in [4.69, 9.17) is 0 Å². The Morgan fingerprint density at radius 2 is 2.20 bits per heavy atom. The minimum Gasteiger partial charge on any atom is -0.334 e. The second kappa shape index (κ2) is 6.76. The number of pyridine rings is 1. The van der Waals surface area contributed by atoms with Crippen molar-refractivity contribution in [2.45, 2.75) is 19.3 Å². The maximum Gasteiger partial charge on any atom is 0.143 e. The molecule has 0 amide bonds. The van der Waals surface area contributed by atoms with Crippen molar-refractivity contribution in [2.75, 3.05) is 13.1 Å². The Hall–Kier alpha value is -2.53. The van der Waals surface area contributed by atoms with Crippen LogP contribution in [0.1, 0.15) is 18.5 Å². The highest BCUT2D eigenvalue weighted by atomic mass is 16.1. The van der Waals surface area contributed by atoms with E-state index in [0.29, 0.717) is 12.2 Å². The number of nitrogens with zero attached hydrogens (tertiary/aromatic N) is 3. The van der Waals surface area contributed by atoms with Crippen LogP contribution in [0.2, 0.25) is 0 Å². The Morgan fingerprint density at radius 1 is 1.28 bits per heavy atom. The van der Waals surface area contributed by atoms with Gasteiger partial charge in [-0.1, -0.05) is 12.1 Å². The number of aryl methyl sites for hydroxylation is 1. The molecular formula is C20H22N4O. The van der Waals surface area contributed by atoms with Gasteiger partial charge in [-0.2, -0.15) is 0 Å². The van der Waals surface area contributed by atoms with Crippen molar-refractivity contribution in [3.8, 4) is 11.3 Å². The van der Waals surface area contributed by atoms with Gasteiger partial charge in [-0.3, -0.25) is 9.78 Å². The van der Waals surface area contributed by atoms with Gasteiger partial charge >= 0.3 is 0 Å². The molecule has 2 aromatic heterocycles. The highest BCUT2D eigenvalue weighted by Crippen LogP contribution is 2.24. The number of fused-ring (bicyclic) bond motifs is 1. The lowest BCUT2D eigenvalue weighted by Gasteiger charge is -2.21. The van der Waals surface area contributed by atoms with Gasteiger partial charge in [-0.05, 0) is 36.9 Å². The summed E-state index contributed by atoms with van der Waals surface area (Å²) in [5.74, 6) is 0.425. The lowest BCUT2D eigenvalue weighted by Crippen LogP contribution is -2.35. The second-order valence-corrected chi connectivity index (χ2v) is 6.81. The van der Waals surface area contributed by atoms with Crippen LogP contribution in [0.25, 0.3) is 22.0 Å². The van der Waals surface area contributed by atoms with Crippen molar-refractivity contribution in [3.05, 3.63) is 48.7 Å². The van der Waals surface area contributed by atoms with Gasteiger partial charge in [0.25, 0.3) is 0 Å². The molecule has 0 radical (unpaired) electrons. The monoisotopic (exact) mass is 334 g/mol. The number of benzene rings is 1. The Morgan fingerprint density at radius 3 is 2.96 bits per heavy atom. The average Bonchev–Trinajstić information content (AvgIpc) is 3.08. The highest BCUT2D eigenvalue weighted by molar-refractivity contribution is 5.88. The molecule has 1 aliphatic heterocycles. The predicted molar refractivity (Wildman–Crippen MR) is 98.2 cm³/mol. The zero-order valence-electron chi connectivity index (χ0n) is 14.4. The lowest BCUT2D eigenvalue weighted by atomic mass is 9.92. The highest BCUT2D eigenvalue weighted by Gasteiger charge is 2.21. The van der Waals surface area contributed by atoms with Crippen LogP contribution in [0.3, 0.4) is 0 Å². The van der Waals surface area contributed by atoms with Gasteiger partial charge in [0.15, 0.2) is 0 Å². The Labute approximate surface area is 147 Å². The van der Waals surface area contributed by atoms with Crippen LogP contribution in [0.15, 0.2) is 43.0 Å². The Kier molecular flexibility index (Phi) is 4.32. The van der Waals surface area contributed by atoms with Crippen LogP contribution in [-0.4, -0.2) is 33.4 Å². The van der Waals surface area contributed by atoms with Gasteiger partial charge in [-0.25, -0.2) is 4.98 Å². The number of carbonyl (C=O) groups excluding carboxylic acids is 1. The van der Waals surface area contributed by atoms with E-state index in [2.05, 4.69) is 33.5 Å². The normalized spacial score (nSPS) is 17.7. The summed E-state index contributed by atoms with van der Waals surface area (Å²) in [6, 6.07) is 8.34. The SMILES string of the molecule is Cn1cncc1-c1ccc2cnc(CC(=O)[C@H]3CCCNC3)cc2c1. The van der Waals surface area contributed by atoms with Crippen molar-refractivity contribution in [1.29, 1.82) is 0 Å². The van der Waals surface area contributed by atoms with E-state index in [1.807, 2.05) is 30.1 Å². The third kappa shape index (κ3) is 3.33. The fraction of sp³-hybridized carbons (Fsp3) is 0.350. The quantitative estimate of drug-likeness (QED) is 0.797. The van der Waals surface area contributed by atoms with Gasteiger partial charge in [0.2, 0.25) is 0 Å². The zero-order chi connectivity index (χ0) is 17.2. The smallest absolute Gasteiger partial charge is 0.143 e. The third-order valence-electron chi connectivity index (χ3n) is 5.00. The number of aromatic nitrogens is 3. The first kappa shape index (κ1) is 16.0. The minimum atomic E-state index is 0.132. The number of ketones is 1. The number of Topliss-reactive ketones (excluding diaryl/α,β-unsaturated/α-hetero) is 1. The molecule has 1 saturated heterocycles. The summed E-state index contributed by atoms with van der Waals surface area (Å²) in [5, 5.41) is 5.50. The van der Waals surface area contributed by atoms with Crippen LogP contribution in [0.4, 0.5) is 0 Å². The van der Waals surface area contributed by atoms with E-state index in [1.54, 1.807) is 6.33 Å². The van der Waals surface area contributed by atoms with Gasteiger partial charge in [-0.15, -0.1) is 0 Å². The van der Waals surface area contributed by atoms with Gasteiger partial charge < -0.3 is 9.88 Å². The fourth-order valence-electron chi connectivity index (χ4n) is 3.53. The van der Waals surface area contributed by atoms with E-state index in [-0.39, 0.29) is 5.92 Å². The number of imidazole rings is 1. The molecule has 128 valence electrons. The first-order valence-electron chi connectivity index (χ1n) is 8.79. The number of rotatable bonds is 4. The number of piperidine rings is 1. The molecule has 1 atom stereocenters. The average molecular weight is 334 g/mol. The van der Waals surface area contributed by atoms with Crippen LogP contribution >= 0.6 is 0 Å². The van der Waals surface area contributed by atoms with Crippen LogP contribution in [0.5, 0.6) is 0 Å². The molecular weight excluding hydrogens is 312 g/mol. The van der Waals surface area contributed by atoms with Crippen LogP contribution < -0.4 is 5.32 Å². The summed E-state index contributed by atoms with van der Waals surface area (Å²) < 4.78 is 2.00. The predicted octanol–water partition coefficient (Wildman–Crippen LogP) is 2.75. The summed E-state index contributed by atoms with van der Waals surface area (Å²) in [7, 11) is 1.99. The molecule has 0 spiro atoms. The summed E-state index contributed by atoms with van der Waals surface area (Å²) in [5.41, 5.74) is 3.04. The fourth-order valence-corrected chi connectivity index (χ4v) is 3.53. The first-order valence-corrected chi connectivity index (χ1v) is 8.79. The molecule has 1 N–H and O–H groups in total. The number of hydrogen-bond acceptors (Lipinski definition) is 4. The standard InChI is InChI=1S/C20H22N4O/c1-24-13-22-12-19(24)14-4-5-15-11-23-18(8-17(15)7-14)9-20(25)16-3-2-6-21-10-16/h4-5,7-8,11-13,16,21H,2-3,6,9-10H2,1H3/t16-/m0/s1. The van der Waals surface area contributed by atoms with Crippen molar-refractivity contribution >= 4 is 16.6 Å². The van der Waals surface area contributed by atoms with Gasteiger partial charge in [0.1, 0.15) is 5.78 Å². The maximum absolute atomic E-state index is 12.5. The molecule has 25 heavy (non-hydrogen) atoms. The molecule has 1 aliphatic rings. The van der Waals surface area contributed by atoms with E-state index in [9.17, 15) is 4.79 Å². The first-order chi connectivity index (χ1) is 12.2. The molecule has 1 aromatic carbocycles. The molecule has 0 unspecified atom stereocenters. The molecule has 4 rings (SSSR count). The number of hydrogen-bond donors (Lipinski definition) is 1. The van der Waals surface area contributed by atoms with Crippen molar-refractivity contribution in [2.24, 2.45) is 13.0 Å². The summed E-state index contributed by atoms with van der Waals surface area (Å²) in [6.07, 6.45) is 8.01. The Bertz CT molecular complexity index is 909. The largest absolute Gasteiger partial charge is 0.334 e. The summed E-state index contributed by atoms with van der Waals surface area (Å²) >= 11 is 0. The van der Waals surface area contributed by atoms with Gasteiger partial charge in [0, 0.05) is 48.8 Å². The molecule has 0 bridgehead atoms. The Balaban J connectivity index is 1.60. The molecule has 3 aromatic rings. The van der Waals surface area contributed by atoms with Crippen LogP contribution in [0, 0.1) is 5.92 Å². The van der Waals surface area contributed by atoms with Gasteiger partial charge in [0.05, 0.1) is 18.2 Å². The van der Waals surface area contributed by atoms with E-state index >= 15 is 0 Å². The molecule has 1 fully saturated rings. The molecule has 3 heterocycles. The molecule has 0 saturated carbocycles.